The zero-order chi connectivity index (χ0) is 35.4. The average Bonchev–Trinajstić information content (AvgIpc) is 3.57. The van der Waals surface area contributed by atoms with Crippen molar-refractivity contribution >= 4 is 35.0 Å². The number of aliphatic carboxylic acids is 1. The fourth-order valence-electron chi connectivity index (χ4n) is 6.21. The van der Waals surface area contributed by atoms with Gasteiger partial charge in [-0.15, -0.1) is 11.3 Å². The second kappa shape index (κ2) is 19.0. The summed E-state index contributed by atoms with van der Waals surface area (Å²) in [7, 11) is 3.37. The number of carbonyl (C=O) groups excluding carboxylic acids is 3. The van der Waals surface area contributed by atoms with Crippen molar-refractivity contribution in [3.63, 3.8) is 0 Å². The molecule has 2 heterocycles. The molecular weight excluding hydrogens is 630 g/mol. The van der Waals surface area contributed by atoms with E-state index in [1.807, 2.05) is 44.2 Å². The van der Waals surface area contributed by atoms with E-state index in [9.17, 15) is 24.3 Å². The third-order valence-electron chi connectivity index (χ3n) is 9.51. The smallest absolute Gasteiger partial charge is 0.306 e. The van der Waals surface area contributed by atoms with Gasteiger partial charge < -0.3 is 30.7 Å². The first kappa shape index (κ1) is 39.1. The molecule has 0 saturated carbocycles. The van der Waals surface area contributed by atoms with Gasteiger partial charge in [0.1, 0.15) is 22.8 Å². The van der Waals surface area contributed by atoms with Crippen LogP contribution in [-0.2, 0) is 25.5 Å². The molecule has 2 aromatic rings. The number of nitrogens with one attached hydrogen (secondary N) is 3. The second-order valence-corrected chi connectivity index (χ2v) is 14.4. The molecule has 1 saturated heterocycles. The molecule has 1 aliphatic heterocycles. The SMILES string of the molecule is CC[C@H](C)[C@H](NC(=O)C1CCCCN1)C(=O)N(C)[C@H](C[C@@H](OC)c1nc(C(=O)N[C@@H](Cc2ccccc2)C[C@H](C)C(=O)O)cs1)C(C)C. The van der Waals surface area contributed by atoms with Crippen molar-refractivity contribution < 1.29 is 29.0 Å². The normalized spacial score (nSPS) is 18.6. The number of carboxylic acids is 1. The third kappa shape index (κ3) is 11.1. The topological polar surface area (TPSA) is 150 Å². The molecule has 3 amide bonds. The number of likely N-dealkylation sites (N-methyl/N-ethyl adjacent to an activating group) is 1. The molecule has 12 heteroatoms. The zero-order valence-corrected chi connectivity index (χ0v) is 30.3. The molecule has 4 N–H and O–H groups in total. The monoisotopic (exact) mass is 685 g/mol. The van der Waals surface area contributed by atoms with Gasteiger partial charge in [-0.25, -0.2) is 4.98 Å². The quantitative estimate of drug-likeness (QED) is 0.174. The molecule has 11 nitrogen and oxygen atoms in total. The Bertz CT molecular complexity index is 1330. The Morgan fingerprint density at radius 2 is 1.79 bits per heavy atom. The number of carbonyl (C=O) groups is 4. The van der Waals surface area contributed by atoms with Gasteiger partial charge in [0, 0.05) is 38.0 Å². The number of nitrogens with zero attached hydrogens (tertiary/aromatic N) is 2. The van der Waals surface area contributed by atoms with Crippen LogP contribution in [0, 0.1) is 17.8 Å². The van der Waals surface area contributed by atoms with E-state index in [-0.39, 0.29) is 53.8 Å². The van der Waals surface area contributed by atoms with Crippen LogP contribution < -0.4 is 16.0 Å². The maximum atomic E-state index is 14.0. The first-order valence-corrected chi connectivity index (χ1v) is 18.1. The minimum atomic E-state index is -0.913. The van der Waals surface area contributed by atoms with Crippen LogP contribution >= 0.6 is 11.3 Å². The Labute approximate surface area is 289 Å². The van der Waals surface area contributed by atoms with Crippen molar-refractivity contribution in [3.8, 4) is 0 Å². The number of rotatable bonds is 18. The van der Waals surface area contributed by atoms with Crippen LogP contribution in [0.2, 0.25) is 0 Å². The Morgan fingerprint density at radius 1 is 1.08 bits per heavy atom. The van der Waals surface area contributed by atoms with Gasteiger partial charge in [-0.3, -0.25) is 19.2 Å². The summed E-state index contributed by atoms with van der Waals surface area (Å²) in [6.45, 7) is 10.5. The Morgan fingerprint density at radius 3 is 2.38 bits per heavy atom. The molecule has 1 aromatic heterocycles. The summed E-state index contributed by atoms with van der Waals surface area (Å²) < 4.78 is 5.89. The molecule has 0 spiro atoms. The summed E-state index contributed by atoms with van der Waals surface area (Å²) in [6.07, 6.45) is 4.27. The molecule has 266 valence electrons. The first-order chi connectivity index (χ1) is 22.9. The molecule has 1 fully saturated rings. The largest absolute Gasteiger partial charge is 0.481 e. The standard InChI is InChI=1S/C36H55N5O6S/c1-8-23(4)31(40-32(42)27-16-12-13-17-37-27)35(44)41(6)29(22(2)3)20-30(47-7)34-39-28(21-48-34)33(43)38-26(18-24(5)36(45)46)19-25-14-10-9-11-15-25/h9-11,14-15,21-24,26-27,29-31,37H,8,12-13,16-20H2,1-7H3,(H,38,43)(H,40,42)(H,45,46)/t23-,24-,26+,27?,29+,30+,31-/m0/s1. The van der Waals surface area contributed by atoms with E-state index in [0.29, 0.717) is 17.8 Å². The van der Waals surface area contributed by atoms with Crippen molar-refractivity contribution in [3.05, 3.63) is 52.0 Å². The van der Waals surface area contributed by atoms with E-state index in [0.717, 1.165) is 37.8 Å². The molecule has 3 rings (SSSR count). The summed E-state index contributed by atoms with van der Waals surface area (Å²) in [5, 5.41) is 21.1. The lowest BCUT2D eigenvalue weighted by atomic mass is 9.92. The summed E-state index contributed by atoms with van der Waals surface area (Å²) in [5.74, 6) is -2.17. The van der Waals surface area contributed by atoms with E-state index in [1.54, 1.807) is 31.4 Å². The summed E-state index contributed by atoms with van der Waals surface area (Å²) in [6, 6.07) is 8.09. The van der Waals surface area contributed by atoms with Gasteiger partial charge in [-0.05, 0) is 49.6 Å². The van der Waals surface area contributed by atoms with Crippen molar-refractivity contribution in [2.75, 3.05) is 20.7 Å². The van der Waals surface area contributed by atoms with Crippen molar-refractivity contribution in [2.24, 2.45) is 17.8 Å². The van der Waals surface area contributed by atoms with Crippen molar-refractivity contribution in [1.82, 2.24) is 25.8 Å². The number of carboxylic acid groups (broad SMARTS) is 1. The van der Waals surface area contributed by atoms with Gasteiger partial charge in [-0.2, -0.15) is 0 Å². The Balaban J connectivity index is 1.73. The molecule has 48 heavy (non-hydrogen) atoms. The van der Waals surface area contributed by atoms with Crippen LogP contribution in [-0.4, -0.2) is 83.6 Å². The van der Waals surface area contributed by atoms with Gasteiger partial charge in [0.15, 0.2) is 0 Å². The maximum Gasteiger partial charge on any atom is 0.306 e. The van der Waals surface area contributed by atoms with Crippen LogP contribution in [0.25, 0.3) is 0 Å². The Kier molecular flexibility index (Phi) is 15.5. The summed E-state index contributed by atoms with van der Waals surface area (Å²) in [4.78, 5) is 58.5. The highest BCUT2D eigenvalue weighted by molar-refractivity contribution is 7.09. The lowest BCUT2D eigenvalue weighted by Gasteiger charge is -2.37. The second-order valence-electron chi connectivity index (χ2n) is 13.5. The lowest BCUT2D eigenvalue weighted by molar-refractivity contribution is -0.141. The fraction of sp³-hybridized carbons (Fsp3) is 0.639. The lowest BCUT2D eigenvalue weighted by Crippen LogP contribution is -2.57. The summed E-state index contributed by atoms with van der Waals surface area (Å²) >= 11 is 1.31. The molecule has 1 aromatic carbocycles. The van der Waals surface area contributed by atoms with E-state index in [1.165, 1.54) is 11.3 Å². The van der Waals surface area contributed by atoms with E-state index in [4.69, 9.17) is 4.74 Å². The third-order valence-corrected chi connectivity index (χ3v) is 10.4. The van der Waals surface area contributed by atoms with E-state index < -0.39 is 30.1 Å². The number of piperidine rings is 1. The molecule has 1 aliphatic rings. The number of methoxy groups -OCH3 is 1. The fourth-order valence-corrected chi connectivity index (χ4v) is 7.10. The minimum absolute atomic E-state index is 0.0530. The predicted molar refractivity (Wildman–Crippen MR) is 188 cm³/mol. The van der Waals surface area contributed by atoms with E-state index >= 15 is 0 Å². The number of aromatic nitrogens is 1. The van der Waals surface area contributed by atoms with Gasteiger partial charge in [0.25, 0.3) is 5.91 Å². The summed E-state index contributed by atoms with van der Waals surface area (Å²) in [5.41, 5.74) is 1.23. The van der Waals surface area contributed by atoms with Crippen molar-refractivity contribution in [2.45, 2.75) is 110 Å². The molecule has 0 radical (unpaired) electrons. The van der Waals surface area contributed by atoms with Crippen LogP contribution in [0.4, 0.5) is 0 Å². The highest BCUT2D eigenvalue weighted by atomic mass is 32.1. The van der Waals surface area contributed by atoms with Crippen LogP contribution in [0.1, 0.15) is 100 Å². The molecule has 0 bridgehead atoms. The molecule has 7 atom stereocenters. The van der Waals surface area contributed by atoms with Gasteiger partial charge in [-0.1, -0.05) is 77.8 Å². The van der Waals surface area contributed by atoms with Gasteiger partial charge >= 0.3 is 5.97 Å². The number of hydrogen-bond acceptors (Lipinski definition) is 8. The van der Waals surface area contributed by atoms with Crippen LogP contribution in [0.3, 0.4) is 0 Å². The zero-order valence-electron chi connectivity index (χ0n) is 29.5. The molecule has 1 unspecified atom stereocenters. The number of benzene rings is 1. The molecular formula is C36H55N5O6S. The van der Waals surface area contributed by atoms with Crippen LogP contribution in [0.15, 0.2) is 35.7 Å². The Hall–Kier alpha value is -3.35. The number of amides is 3. The predicted octanol–water partition coefficient (Wildman–Crippen LogP) is 4.83. The average molecular weight is 686 g/mol. The number of thiazole rings is 1. The van der Waals surface area contributed by atoms with Crippen molar-refractivity contribution in [1.29, 1.82) is 0 Å². The van der Waals surface area contributed by atoms with Gasteiger partial charge in [0.2, 0.25) is 11.8 Å². The number of ether oxygens (including phenoxy) is 1. The highest BCUT2D eigenvalue weighted by Gasteiger charge is 2.36. The van der Waals surface area contributed by atoms with E-state index in [2.05, 4.69) is 34.8 Å². The van der Waals surface area contributed by atoms with Gasteiger partial charge in [0.05, 0.1) is 12.0 Å². The number of hydrogen-bond donors (Lipinski definition) is 4. The molecule has 0 aliphatic carbocycles. The minimum Gasteiger partial charge on any atom is -0.481 e. The maximum absolute atomic E-state index is 14.0. The highest BCUT2D eigenvalue weighted by Crippen LogP contribution is 2.30. The first-order valence-electron chi connectivity index (χ1n) is 17.2. The van der Waals surface area contributed by atoms with Crippen LogP contribution in [0.5, 0.6) is 0 Å².